The van der Waals surface area contributed by atoms with Crippen molar-refractivity contribution in [2.24, 2.45) is 11.8 Å². The Labute approximate surface area is 176 Å². The van der Waals surface area contributed by atoms with Gasteiger partial charge in [-0.3, -0.25) is 4.39 Å². The molecule has 0 atom stereocenters. The number of hydrogen-bond donors (Lipinski definition) is 0. The van der Waals surface area contributed by atoms with Crippen LogP contribution in [0.15, 0.2) is 48.5 Å². The van der Waals surface area contributed by atoms with E-state index in [1.54, 1.807) is 0 Å². The highest BCUT2D eigenvalue weighted by atomic mass is 19.1. The second-order valence-electron chi connectivity index (χ2n) is 9.75. The van der Waals surface area contributed by atoms with Gasteiger partial charge in [0.15, 0.2) is 0 Å². The van der Waals surface area contributed by atoms with Crippen LogP contribution in [0.5, 0.6) is 0 Å². The number of rotatable bonds is 6. The number of benzene rings is 2. The summed E-state index contributed by atoms with van der Waals surface area (Å²) in [6.07, 6.45) is 12.4. The molecule has 0 spiro atoms. The summed E-state index contributed by atoms with van der Waals surface area (Å²) in [5, 5.41) is 0. The van der Waals surface area contributed by atoms with E-state index in [4.69, 9.17) is 0 Å². The van der Waals surface area contributed by atoms with Gasteiger partial charge in [-0.1, -0.05) is 68.3 Å². The molecule has 4 rings (SSSR count). The van der Waals surface area contributed by atoms with Crippen LogP contribution in [-0.4, -0.2) is 6.67 Å². The fourth-order valence-corrected chi connectivity index (χ4v) is 5.64. The molecule has 0 nitrogen and oxygen atoms in total. The van der Waals surface area contributed by atoms with Gasteiger partial charge in [-0.2, -0.15) is 0 Å². The van der Waals surface area contributed by atoms with Crippen molar-refractivity contribution in [3.05, 3.63) is 59.7 Å². The molecule has 2 aliphatic carbocycles. The molecule has 0 aliphatic heterocycles. The molecule has 29 heavy (non-hydrogen) atoms. The minimum atomic E-state index is -0.151. The molecule has 2 fully saturated rings. The average molecular weight is 393 g/mol. The van der Waals surface area contributed by atoms with E-state index in [2.05, 4.69) is 55.5 Å². The van der Waals surface area contributed by atoms with Gasteiger partial charge in [0, 0.05) is 0 Å². The average Bonchev–Trinajstić information content (AvgIpc) is 2.79. The van der Waals surface area contributed by atoms with E-state index in [0.717, 1.165) is 30.6 Å². The summed E-state index contributed by atoms with van der Waals surface area (Å²) in [4.78, 5) is 0. The van der Waals surface area contributed by atoms with Gasteiger partial charge in [-0.15, -0.1) is 0 Å². The monoisotopic (exact) mass is 392 g/mol. The molecule has 0 bridgehead atoms. The third kappa shape index (κ3) is 5.30. The van der Waals surface area contributed by atoms with Crippen LogP contribution in [0.3, 0.4) is 0 Å². The highest BCUT2D eigenvalue weighted by Gasteiger charge is 2.22. The minimum absolute atomic E-state index is 0.151. The lowest BCUT2D eigenvalue weighted by Gasteiger charge is -2.28. The Morgan fingerprint density at radius 3 is 1.55 bits per heavy atom. The molecule has 0 N–H and O–H groups in total. The summed E-state index contributed by atoms with van der Waals surface area (Å²) in [5.74, 6) is 3.13. The van der Waals surface area contributed by atoms with Crippen molar-refractivity contribution in [1.29, 1.82) is 0 Å². The Bertz CT molecular complexity index is 729. The van der Waals surface area contributed by atoms with Crippen molar-refractivity contribution in [3.63, 3.8) is 0 Å². The first-order chi connectivity index (χ1) is 14.2. The van der Waals surface area contributed by atoms with Gasteiger partial charge in [-0.05, 0) is 97.3 Å². The molecule has 0 saturated heterocycles. The molecule has 0 unspecified atom stereocenters. The Morgan fingerprint density at radius 1 is 0.655 bits per heavy atom. The minimum Gasteiger partial charge on any atom is -0.251 e. The molecule has 2 aromatic rings. The highest BCUT2D eigenvalue weighted by molar-refractivity contribution is 5.64. The maximum Gasteiger partial charge on any atom is 0.0894 e. The number of alkyl halides is 1. The van der Waals surface area contributed by atoms with E-state index in [-0.39, 0.29) is 6.67 Å². The number of hydrogen-bond acceptors (Lipinski definition) is 0. The molecule has 2 saturated carbocycles. The predicted octanol–water partition coefficient (Wildman–Crippen LogP) is 8.67. The van der Waals surface area contributed by atoms with Crippen molar-refractivity contribution in [1.82, 2.24) is 0 Å². The van der Waals surface area contributed by atoms with Crippen molar-refractivity contribution in [2.75, 3.05) is 6.67 Å². The molecular weight excluding hydrogens is 355 g/mol. The largest absolute Gasteiger partial charge is 0.251 e. The fourth-order valence-electron chi connectivity index (χ4n) is 5.64. The summed E-state index contributed by atoms with van der Waals surface area (Å²) in [5.41, 5.74) is 5.68. The lowest BCUT2D eigenvalue weighted by molar-refractivity contribution is 0.293. The van der Waals surface area contributed by atoms with Gasteiger partial charge in [0.2, 0.25) is 0 Å². The van der Waals surface area contributed by atoms with Crippen LogP contribution < -0.4 is 0 Å². The predicted molar refractivity (Wildman–Crippen MR) is 122 cm³/mol. The van der Waals surface area contributed by atoms with Crippen LogP contribution >= 0.6 is 0 Å². The maximum absolute atomic E-state index is 12.4. The standard InChI is InChI=1S/C28H37F/c1-21-4-8-23(9-5-21)25-12-16-27(17-13-25)28-18-14-26(15-19-28)24-10-6-22(7-11-24)3-2-20-29/h12-19,21-24H,2-11,20H2,1H3. The molecule has 0 aromatic heterocycles. The molecule has 0 heterocycles. The fraction of sp³-hybridized carbons (Fsp3) is 0.571. The smallest absolute Gasteiger partial charge is 0.0894 e. The van der Waals surface area contributed by atoms with Crippen LogP contribution in [0.1, 0.15) is 94.1 Å². The van der Waals surface area contributed by atoms with Crippen LogP contribution in [0.2, 0.25) is 0 Å². The Kier molecular flexibility index (Phi) is 7.06. The highest BCUT2D eigenvalue weighted by Crippen LogP contribution is 2.39. The third-order valence-corrected chi connectivity index (χ3v) is 7.71. The zero-order valence-electron chi connectivity index (χ0n) is 18.1. The normalized spacial score (nSPS) is 27.7. The van der Waals surface area contributed by atoms with E-state index < -0.39 is 0 Å². The molecule has 0 radical (unpaired) electrons. The molecule has 1 heteroatoms. The van der Waals surface area contributed by atoms with Crippen LogP contribution in [0.4, 0.5) is 4.39 Å². The summed E-state index contributed by atoms with van der Waals surface area (Å²) < 4.78 is 12.4. The first-order valence-corrected chi connectivity index (χ1v) is 12.0. The summed E-state index contributed by atoms with van der Waals surface area (Å²) >= 11 is 0. The zero-order valence-corrected chi connectivity index (χ0v) is 18.1. The maximum atomic E-state index is 12.4. The van der Waals surface area contributed by atoms with Crippen molar-refractivity contribution in [2.45, 2.75) is 83.0 Å². The second-order valence-corrected chi connectivity index (χ2v) is 9.75. The van der Waals surface area contributed by atoms with E-state index in [9.17, 15) is 4.39 Å². The third-order valence-electron chi connectivity index (χ3n) is 7.71. The zero-order chi connectivity index (χ0) is 20.1. The van der Waals surface area contributed by atoms with Gasteiger partial charge < -0.3 is 0 Å². The van der Waals surface area contributed by atoms with Crippen LogP contribution in [0.25, 0.3) is 11.1 Å². The van der Waals surface area contributed by atoms with Gasteiger partial charge in [0.25, 0.3) is 0 Å². The van der Waals surface area contributed by atoms with Gasteiger partial charge in [0.1, 0.15) is 0 Å². The molecular formula is C28H37F. The van der Waals surface area contributed by atoms with E-state index in [0.29, 0.717) is 5.92 Å². The number of halogens is 1. The van der Waals surface area contributed by atoms with Crippen molar-refractivity contribution >= 4 is 0 Å². The summed E-state index contributed by atoms with van der Waals surface area (Å²) in [6, 6.07) is 18.7. The lowest BCUT2D eigenvalue weighted by atomic mass is 9.77. The first kappa shape index (κ1) is 20.6. The van der Waals surface area contributed by atoms with Gasteiger partial charge in [-0.25, -0.2) is 0 Å². The van der Waals surface area contributed by atoms with Crippen molar-refractivity contribution < 1.29 is 4.39 Å². The van der Waals surface area contributed by atoms with Crippen molar-refractivity contribution in [3.8, 4) is 11.1 Å². The summed E-state index contributed by atoms with van der Waals surface area (Å²) in [7, 11) is 0. The molecule has 2 aliphatic rings. The van der Waals surface area contributed by atoms with E-state index in [1.807, 2.05) is 0 Å². The summed E-state index contributed by atoms with van der Waals surface area (Å²) in [6.45, 7) is 2.24. The van der Waals surface area contributed by atoms with E-state index >= 15 is 0 Å². The Morgan fingerprint density at radius 2 is 1.10 bits per heavy atom. The van der Waals surface area contributed by atoms with Gasteiger partial charge in [0.05, 0.1) is 6.67 Å². The molecule has 156 valence electrons. The molecule has 2 aromatic carbocycles. The van der Waals surface area contributed by atoms with E-state index in [1.165, 1.54) is 73.6 Å². The first-order valence-electron chi connectivity index (χ1n) is 12.0. The SMILES string of the molecule is CC1CCC(c2ccc(-c3ccc(C4CCC(CCCF)CC4)cc3)cc2)CC1. The quantitative estimate of drug-likeness (QED) is 0.461. The van der Waals surface area contributed by atoms with Crippen LogP contribution in [-0.2, 0) is 0 Å². The molecule has 0 amide bonds. The lowest BCUT2D eigenvalue weighted by Crippen LogP contribution is -2.13. The second kappa shape index (κ2) is 9.92. The van der Waals surface area contributed by atoms with Gasteiger partial charge >= 0.3 is 0 Å². The Balaban J connectivity index is 1.34. The topological polar surface area (TPSA) is 0 Å². The Hall–Kier alpha value is -1.63. The van der Waals surface area contributed by atoms with Crippen LogP contribution in [0, 0.1) is 11.8 Å².